The number of likely N-dealkylation sites (N-methyl/N-ethyl adjacent to an activating group) is 1. The Bertz CT molecular complexity index is 1330. The standard InChI is InChI=1S/C33H37N3O5/c1-35(19-23-9-3-2-4-10-23)21-30(32(39)36-18-17-24(20-36)15-16-31(37)38)34-33(40)41-22-29-27-13-7-5-11-25(27)26-12-6-8-14-28(26)29/h2-14,24,29-30H,15-22H2,1H3,(H,34,40)(H,37,38). The fourth-order valence-electron chi connectivity index (χ4n) is 6.06. The number of alkyl carbamates (subject to hydrolysis) is 1. The molecular formula is C33H37N3O5. The minimum Gasteiger partial charge on any atom is -0.481 e. The smallest absolute Gasteiger partial charge is 0.407 e. The Labute approximate surface area is 240 Å². The van der Waals surface area contributed by atoms with Gasteiger partial charge in [0.05, 0.1) is 0 Å². The van der Waals surface area contributed by atoms with Crippen LogP contribution in [0.15, 0.2) is 78.9 Å². The van der Waals surface area contributed by atoms with Crippen molar-refractivity contribution in [3.63, 3.8) is 0 Å². The SMILES string of the molecule is CN(Cc1ccccc1)CC(NC(=O)OCC1c2ccccc2-c2ccccc21)C(=O)N1CCC(CCC(=O)O)C1. The molecule has 214 valence electrons. The number of carboxylic acid groups (broad SMARTS) is 1. The highest BCUT2D eigenvalue weighted by Gasteiger charge is 2.34. The van der Waals surface area contributed by atoms with E-state index >= 15 is 0 Å². The number of amides is 2. The van der Waals surface area contributed by atoms with Gasteiger partial charge in [-0.05, 0) is 53.6 Å². The average molecular weight is 556 g/mol. The molecule has 0 radical (unpaired) electrons. The summed E-state index contributed by atoms with van der Waals surface area (Å²) in [6, 6.07) is 25.5. The third-order valence-electron chi connectivity index (χ3n) is 8.09. The van der Waals surface area contributed by atoms with Gasteiger partial charge in [0.15, 0.2) is 0 Å². The predicted octanol–water partition coefficient (Wildman–Crippen LogP) is 4.74. The molecule has 3 aromatic rings. The maximum atomic E-state index is 13.7. The molecule has 5 rings (SSSR count). The molecule has 2 aliphatic rings. The minimum atomic E-state index is -0.827. The molecule has 2 atom stereocenters. The largest absolute Gasteiger partial charge is 0.481 e. The zero-order valence-electron chi connectivity index (χ0n) is 23.4. The normalized spacial score (nSPS) is 16.7. The van der Waals surface area contributed by atoms with Crippen LogP contribution in [0.4, 0.5) is 4.79 Å². The zero-order valence-corrected chi connectivity index (χ0v) is 23.4. The predicted molar refractivity (Wildman–Crippen MR) is 156 cm³/mol. The van der Waals surface area contributed by atoms with E-state index < -0.39 is 18.1 Å². The summed E-state index contributed by atoms with van der Waals surface area (Å²) in [5.74, 6) is -0.924. The van der Waals surface area contributed by atoms with E-state index in [1.807, 2.05) is 66.5 Å². The van der Waals surface area contributed by atoms with Gasteiger partial charge in [0.2, 0.25) is 5.91 Å². The highest BCUT2D eigenvalue weighted by molar-refractivity contribution is 5.86. The second-order valence-corrected chi connectivity index (χ2v) is 11.1. The molecule has 1 saturated heterocycles. The van der Waals surface area contributed by atoms with Crippen LogP contribution < -0.4 is 5.32 Å². The van der Waals surface area contributed by atoms with Crippen LogP contribution >= 0.6 is 0 Å². The summed E-state index contributed by atoms with van der Waals surface area (Å²) < 4.78 is 5.76. The monoisotopic (exact) mass is 555 g/mol. The molecule has 1 aliphatic heterocycles. The zero-order chi connectivity index (χ0) is 28.8. The molecule has 1 heterocycles. The number of carboxylic acids is 1. The molecule has 2 N–H and O–H groups in total. The number of rotatable bonds is 11. The average Bonchev–Trinajstić information content (AvgIpc) is 3.58. The summed E-state index contributed by atoms with van der Waals surface area (Å²) in [5, 5.41) is 11.9. The Balaban J connectivity index is 1.25. The van der Waals surface area contributed by atoms with Crippen molar-refractivity contribution in [2.45, 2.75) is 37.8 Å². The van der Waals surface area contributed by atoms with Gasteiger partial charge in [0.25, 0.3) is 0 Å². The van der Waals surface area contributed by atoms with E-state index in [-0.39, 0.29) is 30.8 Å². The minimum absolute atomic E-state index is 0.0726. The molecule has 0 aromatic heterocycles. The first-order chi connectivity index (χ1) is 19.9. The Morgan fingerprint density at radius 2 is 1.61 bits per heavy atom. The topological polar surface area (TPSA) is 99.2 Å². The van der Waals surface area contributed by atoms with Crippen LogP contribution in [0, 0.1) is 5.92 Å². The number of hydrogen-bond acceptors (Lipinski definition) is 5. The lowest BCUT2D eigenvalue weighted by Gasteiger charge is -2.28. The summed E-state index contributed by atoms with van der Waals surface area (Å²) in [4.78, 5) is 41.6. The Morgan fingerprint density at radius 3 is 2.27 bits per heavy atom. The molecule has 8 nitrogen and oxygen atoms in total. The van der Waals surface area contributed by atoms with Crippen LogP contribution in [0.25, 0.3) is 11.1 Å². The molecule has 8 heteroatoms. The van der Waals surface area contributed by atoms with Crippen LogP contribution in [0.5, 0.6) is 0 Å². The van der Waals surface area contributed by atoms with Crippen molar-refractivity contribution in [1.82, 2.24) is 15.1 Å². The summed E-state index contributed by atoms with van der Waals surface area (Å²) in [6.07, 6.45) is 0.766. The molecular weight excluding hydrogens is 518 g/mol. The van der Waals surface area contributed by atoms with E-state index in [1.54, 1.807) is 4.90 Å². The summed E-state index contributed by atoms with van der Waals surface area (Å²) in [7, 11) is 1.92. The van der Waals surface area contributed by atoms with Gasteiger partial charge in [-0.15, -0.1) is 0 Å². The van der Waals surface area contributed by atoms with Crippen molar-refractivity contribution in [3.05, 3.63) is 95.6 Å². The van der Waals surface area contributed by atoms with Crippen LogP contribution in [-0.4, -0.2) is 72.2 Å². The second kappa shape index (κ2) is 13.0. The lowest BCUT2D eigenvalue weighted by molar-refractivity contribution is -0.137. The highest BCUT2D eigenvalue weighted by atomic mass is 16.5. The molecule has 0 bridgehead atoms. The van der Waals surface area contributed by atoms with Gasteiger partial charge in [-0.1, -0.05) is 78.9 Å². The molecule has 3 aromatic carbocycles. The molecule has 1 aliphatic carbocycles. The maximum Gasteiger partial charge on any atom is 0.407 e. The first kappa shape index (κ1) is 28.4. The maximum absolute atomic E-state index is 13.7. The van der Waals surface area contributed by atoms with E-state index in [1.165, 1.54) is 0 Å². The van der Waals surface area contributed by atoms with Gasteiger partial charge in [-0.25, -0.2) is 4.79 Å². The van der Waals surface area contributed by atoms with E-state index in [0.717, 1.165) is 34.2 Å². The summed E-state index contributed by atoms with van der Waals surface area (Å²) in [5.41, 5.74) is 5.66. The van der Waals surface area contributed by atoms with Crippen molar-refractivity contribution in [1.29, 1.82) is 0 Å². The quantitative estimate of drug-likeness (QED) is 0.355. The number of ether oxygens (including phenoxy) is 1. The van der Waals surface area contributed by atoms with E-state index in [2.05, 4.69) is 29.6 Å². The van der Waals surface area contributed by atoms with Gasteiger partial charge >= 0.3 is 12.1 Å². The third kappa shape index (κ3) is 6.95. The van der Waals surface area contributed by atoms with Crippen molar-refractivity contribution in [2.24, 2.45) is 5.92 Å². The van der Waals surface area contributed by atoms with Crippen LogP contribution in [-0.2, 0) is 20.9 Å². The number of aliphatic carboxylic acids is 1. The van der Waals surface area contributed by atoms with Crippen LogP contribution in [0.2, 0.25) is 0 Å². The van der Waals surface area contributed by atoms with Crippen molar-refractivity contribution < 1.29 is 24.2 Å². The first-order valence-corrected chi connectivity index (χ1v) is 14.2. The number of hydrogen-bond donors (Lipinski definition) is 2. The first-order valence-electron chi connectivity index (χ1n) is 14.2. The lowest BCUT2D eigenvalue weighted by Crippen LogP contribution is -2.53. The Hall–Kier alpha value is -4.17. The van der Waals surface area contributed by atoms with E-state index in [0.29, 0.717) is 32.6 Å². The fraction of sp³-hybridized carbons (Fsp3) is 0.364. The number of nitrogens with one attached hydrogen (secondary N) is 1. The number of carbonyl (C=O) groups is 3. The lowest BCUT2D eigenvalue weighted by atomic mass is 9.98. The van der Waals surface area contributed by atoms with Crippen molar-refractivity contribution in [2.75, 3.05) is 33.3 Å². The Morgan fingerprint density at radius 1 is 0.976 bits per heavy atom. The van der Waals surface area contributed by atoms with Gasteiger partial charge in [0.1, 0.15) is 12.6 Å². The van der Waals surface area contributed by atoms with Gasteiger partial charge < -0.3 is 20.1 Å². The number of carbonyl (C=O) groups excluding carboxylic acids is 2. The van der Waals surface area contributed by atoms with Gasteiger partial charge in [-0.2, -0.15) is 0 Å². The fourth-order valence-corrected chi connectivity index (χ4v) is 6.06. The molecule has 41 heavy (non-hydrogen) atoms. The number of benzene rings is 3. The van der Waals surface area contributed by atoms with Crippen LogP contribution in [0.1, 0.15) is 41.9 Å². The highest BCUT2D eigenvalue weighted by Crippen LogP contribution is 2.44. The molecule has 2 unspecified atom stereocenters. The number of nitrogens with zero attached hydrogens (tertiary/aromatic N) is 2. The molecule has 0 saturated carbocycles. The summed E-state index contributed by atoms with van der Waals surface area (Å²) >= 11 is 0. The number of likely N-dealkylation sites (tertiary alicyclic amines) is 1. The van der Waals surface area contributed by atoms with E-state index in [9.17, 15) is 14.4 Å². The van der Waals surface area contributed by atoms with Crippen LogP contribution in [0.3, 0.4) is 0 Å². The molecule has 2 amide bonds. The van der Waals surface area contributed by atoms with Crippen molar-refractivity contribution in [3.8, 4) is 11.1 Å². The summed E-state index contributed by atoms with van der Waals surface area (Å²) in [6.45, 7) is 2.15. The Kier molecular flexibility index (Phi) is 8.99. The van der Waals surface area contributed by atoms with Gasteiger partial charge in [0, 0.05) is 38.5 Å². The van der Waals surface area contributed by atoms with Crippen molar-refractivity contribution >= 4 is 18.0 Å². The number of fused-ring (bicyclic) bond motifs is 3. The third-order valence-corrected chi connectivity index (χ3v) is 8.09. The van der Waals surface area contributed by atoms with Gasteiger partial charge in [-0.3, -0.25) is 14.5 Å². The molecule has 1 fully saturated rings. The molecule has 0 spiro atoms. The second-order valence-electron chi connectivity index (χ2n) is 11.1. The van der Waals surface area contributed by atoms with E-state index in [4.69, 9.17) is 9.84 Å².